The van der Waals surface area contributed by atoms with E-state index in [1.54, 1.807) is 17.1 Å². The van der Waals surface area contributed by atoms with Crippen molar-refractivity contribution in [3.8, 4) is 0 Å². The smallest absolute Gasteiger partial charge is 0.429 e. The minimum absolute atomic E-state index is 0.0871. The second-order valence-corrected chi connectivity index (χ2v) is 5.37. The lowest BCUT2D eigenvalue weighted by molar-refractivity contribution is 0.0537. The molecule has 0 aliphatic carbocycles. The van der Waals surface area contributed by atoms with E-state index in [2.05, 4.69) is 6.92 Å². The Hall–Kier alpha value is -1.78. The van der Waals surface area contributed by atoms with Gasteiger partial charge in [-0.1, -0.05) is 13.3 Å². The molecule has 0 spiro atoms. The first kappa shape index (κ1) is 15.3. The summed E-state index contributed by atoms with van der Waals surface area (Å²) in [6.07, 6.45) is 4.57. The number of carbonyl (C=O) groups is 1. The van der Waals surface area contributed by atoms with E-state index in [0.717, 1.165) is 12.8 Å². The Morgan fingerprint density at radius 1 is 1.32 bits per heavy atom. The molecule has 0 unspecified atom stereocenters. The van der Waals surface area contributed by atoms with Gasteiger partial charge < -0.3 is 4.74 Å². The highest BCUT2D eigenvalue weighted by atomic mass is 16.6. The summed E-state index contributed by atoms with van der Waals surface area (Å²) >= 11 is 0. The van der Waals surface area contributed by atoms with Crippen LogP contribution in [0.3, 0.4) is 0 Å². The van der Waals surface area contributed by atoms with Crippen molar-refractivity contribution in [2.24, 2.45) is 0 Å². The number of rotatable bonds is 4. The average molecular weight is 266 g/mol. The van der Waals surface area contributed by atoms with E-state index in [-0.39, 0.29) is 5.43 Å². The summed E-state index contributed by atoms with van der Waals surface area (Å²) in [6.45, 7) is 8.09. The van der Waals surface area contributed by atoms with E-state index < -0.39 is 11.7 Å². The predicted molar refractivity (Wildman–Crippen MR) is 74.9 cm³/mol. The molecule has 0 aromatic carbocycles. The summed E-state index contributed by atoms with van der Waals surface area (Å²) in [7, 11) is 0. The minimum Gasteiger partial charge on any atom is -0.442 e. The molecule has 0 saturated heterocycles. The number of aromatic nitrogens is 1. The standard InChI is InChI=1S/C14H22N2O3/c1-5-6-9-16(13(18)19-14(2,3)4)15-10-7-12(17)8-11-15/h7-8,10-11H,5-6,9H2,1-4H3. The number of pyridine rings is 1. The van der Waals surface area contributed by atoms with E-state index in [4.69, 9.17) is 4.74 Å². The van der Waals surface area contributed by atoms with Crippen molar-refractivity contribution < 1.29 is 9.53 Å². The van der Waals surface area contributed by atoms with Crippen molar-refractivity contribution in [3.05, 3.63) is 34.7 Å². The van der Waals surface area contributed by atoms with Crippen molar-refractivity contribution in [2.75, 3.05) is 11.6 Å². The molecule has 0 saturated carbocycles. The Bertz CT molecular complexity index is 454. The number of hydrogen-bond donors (Lipinski definition) is 0. The molecular formula is C14H22N2O3. The van der Waals surface area contributed by atoms with E-state index in [9.17, 15) is 9.59 Å². The molecule has 1 rings (SSSR count). The third kappa shape index (κ3) is 5.16. The summed E-state index contributed by atoms with van der Waals surface area (Å²) in [4.78, 5) is 23.3. The van der Waals surface area contributed by atoms with Gasteiger partial charge in [-0.25, -0.2) is 9.80 Å². The number of hydrogen-bond acceptors (Lipinski definition) is 3. The number of amides is 1. The summed E-state index contributed by atoms with van der Waals surface area (Å²) < 4.78 is 6.96. The molecule has 1 aromatic heterocycles. The Kier molecular flexibility index (Phi) is 5.15. The fraction of sp³-hybridized carbons (Fsp3) is 0.571. The van der Waals surface area contributed by atoms with Gasteiger partial charge >= 0.3 is 6.09 Å². The molecule has 106 valence electrons. The number of unbranched alkanes of at least 4 members (excludes halogenated alkanes) is 1. The van der Waals surface area contributed by atoms with Gasteiger partial charge in [-0.2, -0.15) is 0 Å². The molecule has 0 N–H and O–H groups in total. The van der Waals surface area contributed by atoms with Crippen LogP contribution >= 0.6 is 0 Å². The monoisotopic (exact) mass is 266 g/mol. The van der Waals surface area contributed by atoms with Crippen LogP contribution in [-0.2, 0) is 4.74 Å². The summed E-state index contributed by atoms with van der Waals surface area (Å²) in [6, 6.07) is 2.84. The van der Waals surface area contributed by atoms with Crippen LogP contribution < -0.4 is 10.4 Å². The Morgan fingerprint density at radius 3 is 2.37 bits per heavy atom. The van der Waals surface area contributed by atoms with E-state index in [1.807, 2.05) is 20.8 Å². The molecule has 1 heterocycles. The third-order valence-electron chi connectivity index (χ3n) is 2.39. The van der Waals surface area contributed by atoms with Crippen LogP contribution in [0.15, 0.2) is 29.3 Å². The third-order valence-corrected chi connectivity index (χ3v) is 2.39. The molecule has 1 amide bonds. The van der Waals surface area contributed by atoms with Crippen molar-refractivity contribution in [1.82, 2.24) is 4.68 Å². The predicted octanol–water partition coefficient (Wildman–Crippen LogP) is 2.52. The molecule has 0 aliphatic heterocycles. The molecule has 1 aromatic rings. The second-order valence-electron chi connectivity index (χ2n) is 5.37. The van der Waals surface area contributed by atoms with Crippen LogP contribution in [0.25, 0.3) is 0 Å². The van der Waals surface area contributed by atoms with Crippen LogP contribution in [0.5, 0.6) is 0 Å². The maximum absolute atomic E-state index is 12.2. The second kappa shape index (κ2) is 6.41. The maximum atomic E-state index is 12.2. The molecule has 0 fully saturated rings. The molecule has 19 heavy (non-hydrogen) atoms. The van der Waals surface area contributed by atoms with Gasteiger partial charge in [0.1, 0.15) is 5.60 Å². The summed E-state index contributed by atoms with van der Waals surface area (Å²) in [5.41, 5.74) is -0.628. The zero-order valence-corrected chi connectivity index (χ0v) is 12.0. The topological polar surface area (TPSA) is 51.5 Å². The van der Waals surface area contributed by atoms with Gasteiger partial charge in [0.15, 0.2) is 5.43 Å². The minimum atomic E-state index is -0.541. The lowest BCUT2D eigenvalue weighted by Crippen LogP contribution is -2.44. The lowest BCUT2D eigenvalue weighted by atomic mass is 10.2. The van der Waals surface area contributed by atoms with Crippen LogP contribution in [-0.4, -0.2) is 22.9 Å². The Morgan fingerprint density at radius 2 is 1.89 bits per heavy atom. The molecular weight excluding hydrogens is 244 g/mol. The molecule has 0 atom stereocenters. The van der Waals surface area contributed by atoms with Crippen LogP contribution in [0.1, 0.15) is 40.5 Å². The lowest BCUT2D eigenvalue weighted by Gasteiger charge is -2.28. The fourth-order valence-corrected chi connectivity index (χ4v) is 1.49. The first-order valence-corrected chi connectivity index (χ1v) is 6.52. The number of carbonyl (C=O) groups excluding carboxylic acids is 1. The quantitative estimate of drug-likeness (QED) is 0.841. The van der Waals surface area contributed by atoms with Crippen molar-refractivity contribution in [2.45, 2.75) is 46.1 Å². The van der Waals surface area contributed by atoms with Crippen LogP contribution in [0.2, 0.25) is 0 Å². The highest BCUT2D eigenvalue weighted by Crippen LogP contribution is 2.10. The van der Waals surface area contributed by atoms with Gasteiger partial charge in [0.2, 0.25) is 0 Å². The van der Waals surface area contributed by atoms with Gasteiger partial charge in [0.25, 0.3) is 0 Å². The van der Waals surface area contributed by atoms with Gasteiger partial charge in [-0.05, 0) is 27.2 Å². The van der Waals surface area contributed by atoms with Crippen LogP contribution in [0, 0.1) is 0 Å². The molecule has 0 radical (unpaired) electrons. The van der Waals surface area contributed by atoms with Crippen molar-refractivity contribution in [3.63, 3.8) is 0 Å². The summed E-state index contributed by atoms with van der Waals surface area (Å²) in [5, 5.41) is 1.49. The van der Waals surface area contributed by atoms with Gasteiger partial charge in [0, 0.05) is 31.1 Å². The zero-order chi connectivity index (χ0) is 14.5. The van der Waals surface area contributed by atoms with Gasteiger partial charge in [-0.15, -0.1) is 0 Å². The highest BCUT2D eigenvalue weighted by molar-refractivity contribution is 5.78. The maximum Gasteiger partial charge on any atom is 0.429 e. The Balaban J connectivity index is 2.90. The fourth-order valence-electron chi connectivity index (χ4n) is 1.49. The first-order chi connectivity index (χ1) is 8.83. The average Bonchev–Trinajstić information content (AvgIpc) is 2.29. The summed E-state index contributed by atoms with van der Waals surface area (Å²) in [5.74, 6) is 0. The van der Waals surface area contributed by atoms with E-state index >= 15 is 0 Å². The molecule has 0 bridgehead atoms. The number of ether oxygens (including phenoxy) is 1. The van der Waals surface area contributed by atoms with E-state index in [0.29, 0.717) is 6.54 Å². The van der Waals surface area contributed by atoms with Gasteiger partial charge in [-0.3, -0.25) is 9.47 Å². The molecule has 5 nitrogen and oxygen atoms in total. The normalized spacial score (nSPS) is 11.2. The molecule has 5 heteroatoms. The van der Waals surface area contributed by atoms with Crippen molar-refractivity contribution in [1.29, 1.82) is 0 Å². The SMILES string of the molecule is CCCCN(C(=O)OC(C)(C)C)n1ccc(=O)cc1. The van der Waals surface area contributed by atoms with Gasteiger partial charge in [0.05, 0.1) is 0 Å². The zero-order valence-electron chi connectivity index (χ0n) is 12.0. The molecule has 0 aliphatic rings. The number of nitrogens with zero attached hydrogens (tertiary/aromatic N) is 2. The van der Waals surface area contributed by atoms with Crippen molar-refractivity contribution >= 4 is 6.09 Å². The highest BCUT2D eigenvalue weighted by Gasteiger charge is 2.22. The van der Waals surface area contributed by atoms with E-state index in [1.165, 1.54) is 17.1 Å². The Labute approximate surface area is 113 Å². The largest absolute Gasteiger partial charge is 0.442 e. The first-order valence-electron chi connectivity index (χ1n) is 6.52. The van der Waals surface area contributed by atoms with Crippen LogP contribution in [0.4, 0.5) is 4.79 Å².